The first-order valence-electron chi connectivity index (χ1n) is 3.81. The topological polar surface area (TPSA) is 17.8 Å². The maximum absolute atomic E-state index is 12.8. The van der Waals surface area contributed by atoms with Crippen LogP contribution in [0.1, 0.15) is 32.5 Å². The molecule has 2 nitrogen and oxygen atoms in total. The Balaban J connectivity index is 3.05. The van der Waals surface area contributed by atoms with Crippen LogP contribution in [0.4, 0.5) is 4.39 Å². The van der Waals surface area contributed by atoms with Crippen LogP contribution in [0.5, 0.6) is 0 Å². The van der Waals surface area contributed by atoms with Gasteiger partial charge in [-0.3, -0.25) is 4.68 Å². The van der Waals surface area contributed by atoms with Crippen molar-refractivity contribution in [3.8, 4) is 0 Å². The van der Waals surface area contributed by atoms with Crippen molar-refractivity contribution in [3.05, 3.63) is 17.7 Å². The van der Waals surface area contributed by atoms with Crippen molar-refractivity contribution in [2.45, 2.75) is 33.2 Å². The molecule has 11 heavy (non-hydrogen) atoms. The molecule has 1 heterocycles. The van der Waals surface area contributed by atoms with E-state index in [2.05, 4.69) is 11.3 Å². The molecule has 61 valence electrons. The molecule has 1 rings (SSSR count). The Labute approximate surface area is 66.0 Å². The third-order valence-corrected chi connectivity index (χ3v) is 1.61. The number of rotatable bonds is 2. The predicted octanol–water partition coefficient (Wildman–Crippen LogP) is 1.97. The number of hydrogen-bond acceptors (Lipinski definition) is 1. The highest BCUT2D eigenvalue weighted by Gasteiger charge is 2.10. The summed E-state index contributed by atoms with van der Waals surface area (Å²) >= 11 is 0. The van der Waals surface area contributed by atoms with Crippen LogP contribution in [-0.4, -0.2) is 9.78 Å². The van der Waals surface area contributed by atoms with Crippen molar-refractivity contribution in [2.24, 2.45) is 0 Å². The average molecular weight is 155 g/mol. The molecule has 0 aliphatic heterocycles. The largest absolute Gasteiger partial charge is 0.263 e. The van der Waals surface area contributed by atoms with Crippen molar-refractivity contribution in [3.63, 3.8) is 0 Å². The van der Waals surface area contributed by atoms with Gasteiger partial charge in [0.15, 0.2) is 12.0 Å². The molecule has 0 bridgehead atoms. The van der Waals surface area contributed by atoms with Crippen LogP contribution >= 0.6 is 0 Å². The Kier molecular flexibility index (Phi) is 2.27. The highest BCUT2D eigenvalue weighted by molar-refractivity contribution is 5.03. The van der Waals surface area contributed by atoms with Gasteiger partial charge in [-0.1, -0.05) is 6.92 Å². The van der Waals surface area contributed by atoms with E-state index < -0.39 is 0 Å². The Hall–Kier alpha value is -0.860. The lowest BCUT2D eigenvalue weighted by molar-refractivity contribution is 0.500. The summed E-state index contributed by atoms with van der Waals surface area (Å²) in [6.45, 7) is 5.85. The maximum Gasteiger partial charge on any atom is 0.174 e. The van der Waals surface area contributed by atoms with E-state index in [1.807, 2.05) is 20.8 Å². The van der Waals surface area contributed by atoms with E-state index in [1.54, 1.807) is 4.68 Å². The van der Waals surface area contributed by atoms with E-state index in [9.17, 15) is 4.39 Å². The molecule has 0 spiro atoms. The third-order valence-electron chi connectivity index (χ3n) is 1.61. The normalized spacial score (nSPS) is 11.0. The standard InChI is InChI=1S/C8H12FN2/c1-4-8-7(9)5-10-11(8)6(2)3/h6H,4H2,1-3H3. The van der Waals surface area contributed by atoms with Gasteiger partial charge in [-0.05, 0) is 20.3 Å². The molecule has 1 aromatic heterocycles. The SMILES string of the molecule is CCc1c(F)[c]nn1C(C)C. The van der Waals surface area contributed by atoms with E-state index in [4.69, 9.17) is 0 Å². The number of halogens is 1. The first kappa shape index (κ1) is 8.24. The summed E-state index contributed by atoms with van der Waals surface area (Å²) in [5.41, 5.74) is 0.639. The number of hydrogen-bond donors (Lipinski definition) is 0. The highest BCUT2D eigenvalue weighted by Crippen LogP contribution is 2.11. The van der Waals surface area contributed by atoms with E-state index in [0.29, 0.717) is 12.1 Å². The lowest BCUT2D eigenvalue weighted by Gasteiger charge is -2.08. The average Bonchev–Trinajstić information content (AvgIpc) is 2.30. The van der Waals surface area contributed by atoms with E-state index in [1.165, 1.54) is 0 Å². The Bertz CT molecular complexity index is 240. The molecule has 1 radical (unpaired) electrons. The van der Waals surface area contributed by atoms with Gasteiger partial charge < -0.3 is 0 Å². The van der Waals surface area contributed by atoms with Crippen LogP contribution in [0.25, 0.3) is 0 Å². The second-order valence-electron chi connectivity index (χ2n) is 2.76. The van der Waals surface area contributed by atoms with E-state index in [0.717, 1.165) is 0 Å². The molecular weight excluding hydrogens is 143 g/mol. The fourth-order valence-corrected chi connectivity index (χ4v) is 1.07. The molecule has 0 aromatic carbocycles. The molecule has 0 unspecified atom stereocenters. The molecule has 0 fully saturated rings. The molecule has 0 atom stereocenters. The molecular formula is C8H12FN2. The molecule has 3 heteroatoms. The molecule has 0 amide bonds. The van der Waals surface area contributed by atoms with Crippen molar-refractivity contribution in [2.75, 3.05) is 0 Å². The van der Waals surface area contributed by atoms with Crippen LogP contribution in [0.3, 0.4) is 0 Å². The molecule has 0 saturated heterocycles. The summed E-state index contributed by atoms with van der Waals surface area (Å²) in [6.07, 6.45) is 2.98. The summed E-state index contributed by atoms with van der Waals surface area (Å²) in [4.78, 5) is 0. The quantitative estimate of drug-likeness (QED) is 0.638. The van der Waals surface area contributed by atoms with Gasteiger partial charge in [-0.15, -0.1) is 0 Å². The minimum absolute atomic E-state index is 0.214. The summed E-state index contributed by atoms with van der Waals surface area (Å²) < 4.78 is 14.5. The van der Waals surface area contributed by atoms with Gasteiger partial charge in [-0.25, -0.2) is 4.39 Å². The summed E-state index contributed by atoms with van der Waals surface area (Å²) in [5, 5.41) is 3.80. The summed E-state index contributed by atoms with van der Waals surface area (Å²) in [6, 6.07) is 0.214. The van der Waals surface area contributed by atoms with Crippen molar-refractivity contribution in [1.29, 1.82) is 0 Å². The summed E-state index contributed by atoms with van der Waals surface area (Å²) in [5.74, 6) is -0.318. The minimum Gasteiger partial charge on any atom is -0.263 e. The van der Waals surface area contributed by atoms with Crippen LogP contribution < -0.4 is 0 Å². The Morgan fingerprint density at radius 1 is 1.64 bits per heavy atom. The molecule has 0 aliphatic carbocycles. The fourth-order valence-electron chi connectivity index (χ4n) is 1.07. The lowest BCUT2D eigenvalue weighted by Crippen LogP contribution is -2.07. The summed E-state index contributed by atoms with van der Waals surface area (Å²) in [7, 11) is 0. The van der Waals surface area contributed by atoms with E-state index in [-0.39, 0.29) is 11.9 Å². The number of aromatic nitrogens is 2. The van der Waals surface area contributed by atoms with Gasteiger partial charge in [0.25, 0.3) is 0 Å². The van der Waals surface area contributed by atoms with Gasteiger partial charge in [0.05, 0.1) is 5.69 Å². The third kappa shape index (κ3) is 1.42. The lowest BCUT2D eigenvalue weighted by atomic mass is 10.3. The Morgan fingerprint density at radius 3 is 2.64 bits per heavy atom. The second-order valence-corrected chi connectivity index (χ2v) is 2.76. The van der Waals surface area contributed by atoms with Crippen molar-refractivity contribution >= 4 is 0 Å². The first-order valence-corrected chi connectivity index (χ1v) is 3.81. The molecule has 1 aromatic rings. The monoisotopic (exact) mass is 155 g/mol. The number of nitrogens with zero attached hydrogens (tertiary/aromatic N) is 2. The van der Waals surface area contributed by atoms with E-state index >= 15 is 0 Å². The van der Waals surface area contributed by atoms with Gasteiger partial charge in [-0.2, -0.15) is 5.10 Å². The molecule has 0 aliphatic rings. The molecule has 0 N–H and O–H groups in total. The highest BCUT2D eigenvalue weighted by atomic mass is 19.1. The predicted molar refractivity (Wildman–Crippen MR) is 40.8 cm³/mol. The fraction of sp³-hybridized carbons (Fsp3) is 0.625. The minimum atomic E-state index is -0.318. The van der Waals surface area contributed by atoms with Crippen LogP contribution in [0.15, 0.2) is 0 Å². The first-order chi connectivity index (χ1) is 5.16. The van der Waals surface area contributed by atoms with Crippen LogP contribution in [0, 0.1) is 12.0 Å². The van der Waals surface area contributed by atoms with Gasteiger partial charge >= 0.3 is 0 Å². The van der Waals surface area contributed by atoms with Gasteiger partial charge in [0.2, 0.25) is 0 Å². The van der Waals surface area contributed by atoms with Crippen LogP contribution in [0.2, 0.25) is 0 Å². The zero-order valence-electron chi connectivity index (χ0n) is 7.06. The zero-order chi connectivity index (χ0) is 8.43. The smallest absolute Gasteiger partial charge is 0.174 e. The van der Waals surface area contributed by atoms with Crippen molar-refractivity contribution < 1.29 is 4.39 Å². The Morgan fingerprint density at radius 2 is 2.27 bits per heavy atom. The van der Waals surface area contributed by atoms with Gasteiger partial charge in [0, 0.05) is 6.04 Å². The van der Waals surface area contributed by atoms with Crippen LogP contribution in [-0.2, 0) is 6.42 Å². The maximum atomic E-state index is 12.8. The molecule has 0 saturated carbocycles. The zero-order valence-corrected chi connectivity index (χ0v) is 7.06. The van der Waals surface area contributed by atoms with Gasteiger partial charge in [0.1, 0.15) is 0 Å². The second kappa shape index (κ2) is 3.03. The van der Waals surface area contributed by atoms with Crippen molar-refractivity contribution in [1.82, 2.24) is 9.78 Å².